The van der Waals surface area contributed by atoms with Gasteiger partial charge in [-0.3, -0.25) is 0 Å². The van der Waals surface area contributed by atoms with Gasteiger partial charge in [-0.15, -0.1) is 0 Å². The van der Waals surface area contributed by atoms with Gasteiger partial charge < -0.3 is 10.0 Å². The zero-order valence-electron chi connectivity index (χ0n) is 9.06. The first-order valence-corrected chi connectivity index (χ1v) is 5.53. The van der Waals surface area contributed by atoms with Crippen LogP contribution in [0.3, 0.4) is 0 Å². The van der Waals surface area contributed by atoms with Crippen molar-refractivity contribution in [3.63, 3.8) is 0 Å². The monoisotopic (exact) mass is 207 g/mol. The molecule has 0 aromatic carbocycles. The largest absolute Gasteiger partial charge is 0.393 e. The standard InChI is InChI=1S/C11H17N3O/c1-2-11-12-7-9(8-13-11)14-5-3-10(15)4-6-14/h7-8,10,15H,2-6H2,1H3. The predicted octanol–water partition coefficient (Wildman–Crippen LogP) is 1.00. The van der Waals surface area contributed by atoms with E-state index in [0.29, 0.717) is 0 Å². The Balaban J connectivity index is 2.03. The molecule has 15 heavy (non-hydrogen) atoms. The molecular formula is C11H17N3O. The van der Waals surface area contributed by atoms with Gasteiger partial charge in [0.05, 0.1) is 24.2 Å². The maximum atomic E-state index is 9.40. The molecule has 2 heterocycles. The smallest absolute Gasteiger partial charge is 0.128 e. The second kappa shape index (κ2) is 4.57. The van der Waals surface area contributed by atoms with E-state index in [9.17, 15) is 5.11 Å². The van der Waals surface area contributed by atoms with E-state index in [1.54, 1.807) is 0 Å². The summed E-state index contributed by atoms with van der Waals surface area (Å²) in [5.74, 6) is 0.885. The fourth-order valence-electron chi connectivity index (χ4n) is 1.82. The topological polar surface area (TPSA) is 49.2 Å². The Bertz CT molecular complexity index is 304. The summed E-state index contributed by atoms with van der Waals surface area (Å²) in [6.45, 7) is 3.85. The summed E-state index contributed by atoms with van der Waals surface area (Å²) in [7, 11) is 0. The van der Waals surface area contributed by atoms with Crippen LogP contribution in [-0.2, 0) is 6.42 Å². The van der Waals surface area contributed by atoms with Crippen molar-refractivity contribution >= 4 is 5.69 Å². The number of hydrogen-bond acceptors (Lipinski definition) is 4. The summed E-state index contributed by atoms with van der Waals surface area (Å²) < 4.78 is 0. The molecule has 0 amide bonds. The molecule has 1 aromatic heterocycles. The van der Waals surface area contributed by atoms with Crippen molar-refractivity contribution in [1.82, 2.24) is 9.97 Å². The fraction of sp³-hybridized carbons (Fsp3) is 0.636. The van der Waals surface area contributed by atoms with E-state index in [1.165, 1.54) is 0 Å². The van der Waals surface area contributed by atoms with E-state index in [-0.39, 0.29) is 6.10 Å². The Labute approximate surface area is 90.0 Å². The van der Waals surface area contributed by atoms with Gasteiger partial charge in [-0.1, -0.05) is 6.92 Å². The molecule has 1 saturated heterocycles. The van der Waals surface area contributed by atoms with Crippen LogP contribution in [0.5, 0.6) is 0 Å². The first-order valence-electron chi connectivity index (χ1n) is 5.53. The average molecular weight is 207 g/mol. The number of nitrogens with zero attached hydrogens (tertiary/aromatic N) is 3. The Morgan fingerprint density at radius 1 is 1.33 bits per heavy atom. The summed E-state index contributed by atoms with van der Waals surface area (Å²) in [6.07, 6.45) is 6.19. The van der Waals surface area contributed by atoms with Crippen molar-refractivity contribution in [2.45, 2.75) is 32.3 Å². The zero-order chi connectivity index (χ0) is 10.7. The van der Waals surface area contributed by atoms with Crippen molar-refractivity contribution in [2.24, 2.45) is 0 Å². The van der Waals surface area contributed by atoms with Crippen LogP contribution in [0, 0.1) is 0 Å². The van der Waals surface area contributed by atoms with Crippen LogP contribution >= 0.6 is 0 Å². The fourth-order valence-corrected chi connectivity index (χ4v) is 1.82. The Morgan fingerprint density at radius 3 is 2.47 bits per heavy atom. The maximum absolute atomic E-state index is 9.40. The van der Waals surface area contributed by atoms with Gasteiger partial charge in [0.15, 0.2) is 0 Å². The van der Waals surface area contributed by atoms with Crippen molar-refractivity contribution in [2.75, 3.05) is 18.0 Å². The molecule has 2 rings (SSSR count). The summed E-state index contributed by atoms with van der Waals surface area (Å²) in [6, 6.07) is 0. The molecule has 0 bridgehead atoms. The molecule has 1 fully saturated rings. The average Bonchev–Trinajstić information content (AvgIpc) is 2.30. The highest BCUT2D eigenvalue weighted by Gasteiger charge is 2.17. The van der Waals surface area contributed by atoms with Gasteiger partial charge in [-0.25, -0.2) is 9.97 Å². The summed E-state index contributed by atoms with van der Waals surface area (Å²) in [5, 5.41) is 9.40. The molecule has 0 unspecified atom stereocenters. The van der Waals surface area contributed by atoms with E-state index in [4.69, 9.17) is 0 Å². The zero-order valence-corrected chi connectivity index (χ0v) is 9.06. The molecule has 4 nitrogen and oxygen atoms in total. The number of anilines is 1. The van der Waals surface area contributed by atoms with Gasteiger partial charge in [-0.2, -0.15) is 0 Å². The van der Waals surface area contributed by atoms with Crippen LogP contribution in [0.1, 0.15) is 25.6 Å². The lowest BCUT2D eigenvalue weighted by molar-refractivity contribution is 0.145. The highest BCUT2D eigenvalue weighted by Crippen LogP contribution is 2.18. The minimum absolute atomic E-state index is 0.128. The van der Waals surface area contributed by atoms with Crippen LogP contribution < -0.4 is 4.90 Å². The van der Waals surface area contributed by atoms with E-state index in [0.717, 1.165) is 43.9 Å². The van der Waals surface area contributed by atoms with Crippen LogP contribution in [0.25, 0.3) is 0 Å². The molecule has 0 radical (unpaired) electrons. The van der Waals surface area contributed by atoms with Crippen LogP contribution in [-0.4, -0.2) is 34.3 Å². The van der Waals surface area contributed by atoms with Gasteiger partial charge in [0.2, 0.25) is 0 Å². The van der Waals surface area contributed by atoms with E-state index >= 15 is 0 Å². The normalized spacial score (nSPS) is 18.1. The van der Waals surface area contributed by atoms with Crippen LogP contribution in [0.15, 0.2) is 12.4 Å². The lowest BCUT2D eigenvalue weighted by atomic mass is 10.1. The van der Waals surface area contributed by atoms with E-state index in [1.807, 2.05) is 19.3 Å². The molecule has 0 saturated carbocycles. The lowest BCUT2D eigenvalue weighted by Crippen LogP contribution is -2.35. The molecular weight excluding hydrogens is 190 g/mol. The first kappa shape index (κ1) is 10.4. The minimum atomic E-state index is -0.128. The lowest BCUT2D eigenvalue weighted by Gasteiger charge is -2.30. The summed E-state index contributed by atoms with van der Waals surface area (Å²) in [5.41, 5.74) is 1.07. The Kier molecular flexibility index (Phi) is 3.16. The number of aliphatic hydroxyl groups excluding tert-OH is 1. The molecule has 0 atom stereocenters. The molecule has 4 heteroatoms. The number of piperidine rings is 1. The minimum Gasteiger partial charge on any atom is -0.393 e. The highest BCUT2D eigenvalue weighted by molar-refractivity contribution is 5.42. The first-order chi connectivity index (χ1) is 7.29. The molecule has 0 aliphatic carbocycles. The van der Waals surface area contributed by atoms with Crippen molar-refractivity contribution in [3.05, 3.63) is 18.2 Å². The number of aliphatic hydroxyl groups is 1. The second-order valence-corrected chi connectivity index (χ2v) is 3.93. The predicted molar refractivity (Wildman–Crippen MR) is 58.9 cm³/mol. The van der Waals surface area contributed by atoms with Gasteiger partial charge in [0.1, 0.15) is 5.82 Å². The summed E-state index contributed by atoms with van der Waals surface area (Å²) in [4.78, 5) is 10.8. The molecule has 1 aliphatic rings. The second-order valence-electron chi connectivity index (χ2n) is 3.93. The quantitative estimate of drug-likeness (QED) is 0.786. The van der Waals surface area contributed by atoms with Crippen molar-refractivity contribution in [3.8, 4) is 0 Å². The molecule has 0 spiro atoms. The number of hydrogen-bond donors (Lipinski definition) is 1. The molecule has 1 aromatic rings. The number of aromatic nitrogens is 2. The highest BCUT2D eigenvalue weighted by atomic mass is 16.3. The van der Waals surface area contributed by atoms with Crippen molar-refractivity contribution < 1.29 is 5.11 Å². The van der Waals surface area contributed by atoms with Gasteiger partial charge in [-0.05, 0) is 12.8 Å². The Morgan fingerprint density at radius 2 is 1.93 bits per heavy atom. The molecule has 82 valence electrons. The van der Waals surface area contributed by atoms with E-state index in [2.05, 4.69) is 14.9 Å². The van der Waals surface area contributed by atoms with Gasteiger partial charge in [0, 0.05) is 19.5 Å². The number of rotatable bonds is 2. The van der Waals surface area contributed by atoms with Crippen LogP contribution in [0.2, 0.25) is 0 Å². The maximum Gasteiger partial charge on any atom is 0.128 e. The van der Waals surface area contributed by atoms with Crippen molar-refractivity contribution in [1.29, 1.82) is 0 Å². The van der Waals surface area contributed by atoms with Gasteiger partial charge >= 0.3 is 0 Å². The third-order valence-corrected chi connectivity index (χ3v) is 2.84. The SMILES string of the molecule is CCc1ncc(N2CCC(O)CC2)cn1. The third-order valence-electron chi connectivity index (χ3n) is 2.84. The Hall–Kier alpha value is -1.16. The molecule has 1 N–H and O–H groups in total. The van der Waals surface area contributed by atoms with Crippen LogP contribution in [0.4, 0.5) is 5.69 Å². The van der Waals surface area contributed by atoms with Gasteiger partial charge in [0.25, 0.3) is 0 Å². The summed E-state index contributed by atoms with van der Waals surface area (Å²) >= 11 is 0. The van der Waals surface area contributed by atoms with E-state index < -0.39 is 0 Å². The molecule has 1 aliphatic heterocycles. The number of aryl methyl sites for hydroxylation is 1. The third kappa shape index (κ3) is 2.45.